The number of fused-ring (bicyclic) bond motifs is 1. The van der Waals surface area contributed by atoms with E-state index in [4.69, 9.17) is 4.74 Å². The summed E-state index contributed by atoms with van der Waals surface area (Å²) in [5.74, 6) is 1.81. The van der Waals surface area contributed by atoms with Crippen molar-refractivity contribution in [1.82, 2.24) is 25.8 Å². The average molecular weight is 406 g/mol. The lowest BCUT2D eigenvalue weighted by Crippen LogP contribution is -2.45. The number of hydrogen-bond donors (Lipinski definition) is 3. The van der Waals surface area contributed by atoms with Crippen molar-refractivity contribution < 1.29 is 9.13 Å². The van der Waals surface area contributed by atoms with Crippen molar-refractivity contribution >= 4 is 0 Å². The van der Waals surface area contributed by atoms with Crippen molar-refractivity contribution in [3.8, 4) is 0 Å². The molecule has 0 saturated carbocycles. The van der Waals surface area contributed by atoms with Gasteiger partial charge < -0.3 is 10.1 Å². The lowest BCUT2D eigenvalue weighted by atomic mass is 9.76. The number of ether oxygens (including phenoxy) is 1. The Kier molecular flexibility index (Phi) is 5.56. The summed E-state index contributed by atoms with van der Waals surface area (Å²) in [5, 5.41) is 10.9. The molecular weight excluding hydrogens is 369 g/mol. The molecule has 4 saturated heterocycles. The lowest BCUT2D eigenvalue weighted by molar-refractivity contribution is 0.174. The highest BCUT2D eigenvalue weighted by atomic mass is 19.1. The number of nitrogens with zero attached hydrogens (tertiary/aromatic N) is 2. The molecule has 7 heteroatoms. The third-order valence-corrected chi connectivity index (χ3v) is 7.68. The van der Waals surface area contributed by atoms with E-state index in [1.165, 1.54) is 12.8 Å². The molecule has 1 aliphatic carbocycles. The van der Waals surface area contributed by atoms with Gasteiger partial charge in [0.2, 0.25) is 0 Å². The topological polar surface area (TPSA) is 55.1 Å². The molecule has 29 heavy (non-hydrogen) atoms. The van der Waals surface area contributed by atoms with Crippen LogP contribution in [-0.2, 0) is 4.74 Å². The minimum absolute atomic E-state index is 0.0342. The van der Waals surface area contributed by atoms with Gasteiger partial charge in [0.05, 0.1) is 6.17 Å². The maximum absolute atomic E-state index is 13.8. The standard InChI is InChI=1S/C22H36FN5O/c1-13-8-14(4-5-18(13)23)19-17(6-7-24-19)15-9-16-10-25-21(28(16)11-15)20-22(29-20)26-12-27(2)3/h4-5,14-17,19-22,24-26H,6-12H2,1-3H3. The van der Waals surface area contributed by atoms with Gasteiger partial charge >= 0.3 is 0 Å². The van der Waals surface area contributed by atoms with Gasteiger partial charge in [-0.1, -0.05) is 6.08 Å². The van der Waals surface area contributed by atoms with E-state index in [9.17, 15) is 4.39 Å². The summed E-state index contributed by atoms with van der Waals surface area (Å²) in [5.41, 5.74) is 0.906. The third-order valence-electron chi connectivity index (χ3n) is 7.68. The zero-order valence-corrected chi connectivity index (χ0v) is 17.9. The molecule has 8 atom stereocenters. The van der Waals surface area contributed by atoms with Gasteiger partial charge in [-0.2, -0.15) is 0 Å². The van der Waals surface area contributed by atoms with E-state index >= 15 is 0 Å². The molecule has 5 aliphatic rings. The van der Waals surface area contributed by atoms with Crippen molar-refractivity contribution in [2.75, 3.05) is 40.4 Å². The first-order valence-electron chi connectivity index (χ1n) is 11.3. The van der Waals surface area contributed by atoms with Gasteiger partial charge in [-0.3, -0.25) is 20.4 Å². The van der Waals surface area contributed by atoms with E-state index < -0.39 is 0 Å². The van der Waals surface area contributed by atoms with Gasteiger partial charge in [0, 0.05) is 31.8 Å². The van der Waals surface area contributed by atoms with Crippen LogP contribution in [-0.4, -0.2) is 80.8 Å². The van der Waals surface area contributed by atoms with Crippen LogP contribution >= 0.6 is 0 Å². The Bertz CT molecular complexity index is 682. The Balaban J connectivity index is 1.19. The second kappa shape index (κ2) is 8.02. The minimum atomic E-state index is -0.0342. The normalized spacial score (nSPS) is 44.9. The van der Waals surface area contributed by atoms with Crippen LogP contribution in [0.4, 0.5) is 4.39 Å². The van der Waals surface area contributed by atoms with Crippen molar-refractivity contribution in [2.24, 2.45) is 17.8 Å². The van der Waals surface area contributed by atoms with Gasteiger partial charge in [0.25, 0.3) is 0 Å². The lowest BCUT2D eigenvalue weighted by Gasteiger charge is -2.32. The Morgan fingerprint density at radius 3 is 3.00 bits per heavy atom. The van der Waals surface area contributed by atoms with Crippen molar-refractivity contribution in [2.45, 2.75) is 56.8 Å². The van der Waals surface area contributed by atoms with Gasteiger partial charge in [-0.05, 0) is 76.2 Å². The van der Waals surface area contributed by atoms with Gasteiger partial charge in [0.1, 0.15) is 18.2 Å². The molecule has 0 radical (unpaired) electrons. The SMILES string of the molecule is CC1=C(F)C=CC(C2NCCC2C2CC3CNC(C4OC4NCN(C)C)N3C2)C1. The highest BCUT2D eigenvalue weighted by molar-refractivity contribution is 5.26. The summed E-state index contributed by atoms with van der Waals surface area (Å²) in [6, 6.07) is 1.11. The number of halogens is 1. The fraction of sp³-hybridized carbons (Fsp3) is 0.818. The monoisotopic (exact) mass is 405 g/mol. The molecule has 3 N–H and O–H groups in total. The summed E-state index contributed by atoms with van der Waals surface area (Å²) in [7, 11) is 4.14. The first-order valence-corrected chi connectivity index (χ1v) is 11.3. The van der Waals surface area contributed by atoms with E-state index in [2.05, 4.69) is 45.9 Å². The first-order chi connectivity index (χ1) is 14.0. The third kappa shape index (κ3) is 3.93. The second-order valence-electron chi connectivity index (χ2n) is 9.95. The van der Waals surface area contributed by atoms with E-state index in [0.29, 0.717) is 30.1 Å². The van der Waals surface area contributed by atoms with Gasteiger partial charge in [-0.15, -0.1) is 0 Å². The second-order valence-corrected chi connectivity index (χ2v) is 9.95. The fourth-order valence-corrected chi connectivity index (χ4v) is 6.17. The Morgan fingerprint density at radius 1 is 1.34 bits per heavy atom. The quantitative estimate of drug-likeness (QED) is 0.457. The zero-order valence-electron chi connectivity index (χ0n) is 17.9. The maximum Gasteiger partial charge on any atom is 0.139 e. The van der Waals surface area contributed by atoms with Gasteiger partial charge in [-0.25, -0.2) is 4.39 Å². The molecule has 4 heterocycles. The van der Waals surface area contributed by atoms with E-state index in [1.54, 1.807) is 6.08 Å². The molecule has 6 nitrogen and oxygen atoms in total. The van der Waals surface area contributed by atoms with Crippen molar-refractivity contribution in [1.29, 1.82) is 0 Å². The van der Waals surface area contributed by atoms with Gasteiger partial charge in [0.15, 0.2) is 0 Å². The molecule has 0 amide bonds. The van der Waals surface area contributed by atoms with Crippen LogP contribution in [0.5, 0.6) is 0 Å². The predicted octanol–water partition coefficient (Wildman–Crippen LogP) is 1.24. The summed E-state index contributed by atoms with van der Waals surface area (Å²) >= 11 is 0. The number of epoxide rings is 1. The van der Waals surface area contributed by atoms with Crippen LogP contribution in [0.3, 0.4) is 0 Å². The minimum Gasteiger partial charge on any atom is -0.350 e. The first kappa shape index (κ1) is 20.1. The van der Waals surface area contributed by atoms with Crippen LogP contribution in [0, 0.1) is 17.8 Å². The fourth-order valence-electron chi connectivity index (χ4n) is 6.17. The predicted molar refractivity (Wildman–Crippen MR) is 112 cm³/mol. The van der Waals surface area contributed by atoms with Crippen LogP contribution in [0.15, 0.2) is 23.6 Å². The van der Waals surface area contributed by atoms with Crippen molar-refractivity contribution in [3.05, 3.63) is 23.6 Å². The van der Waals surface area contributed by atoms with E-state index in [-0.39, 0.29) is 18.2 Å². The highest BCUT2D eigenvalue weighted by Crippen LogP contribution is 2.43. The van der Waals surface area contributed by atoms with Crippen LogP contribution in [0.2, 0.25) is 0 Å². The molecule has 162 valence electrons. The highest BCUT2D eigenvalue weighted by Gasteiger charge is 2.54. The Hall–Kier alpha value is -0.830. The number of allylic oxidation sites excluding steroid dienone is 3. The summed E-state index contributed by atoms with van der Waals surface area (Å²) in [6.07, 6.45) is 7.95. The molecule has 0 aromatic carbocycles. The van der Waals surface area contributed by atoms with E-state index in [0.717, 1.165) is 44.2 Å². The van der Waals surface area contributed by atoms with Crippen molar-refractivity contribution in [3.63, 3.8) is 0 Å². The molecule has 0 aromatic rings. The summed E-state index contributed by atoms with van der Waals surface area (Å²) in [6.45, 7) is 6.11. The molecule has 4 aliphatic heterocycles. The number of rotatable bonds is 6. The summed E-state index contributed by atoms with van der Waals surface area (Å²) < 4.78 is 19.7. The molecule has 0 aromatic heterocycles. The number of hydrogen-bond acceptors (Lipinski definition) is 6. The molecule has 5 rings (SSSR count). The largest absolute Gasteiger partial charge is 0.350 e. The average Bonchev–Trinajstić information content (AvgIpc) is 3.02. The smallest absolute Gasteiger partial charge is 0.139 e. The molecule has 4 fully saturated rings. The maximum atomic E-state index is 13.8. The Labute approximate surface area is 173 Å². The molecule has 0 spiro atoms. The zero-order chi connectivity index (χ0) is 20.1. The molecular formula is C22H36FN5O. The molecule has 8 unspecified atom stereocenters. The van der Waals surface area contributed by atoms with Crippen LogP contribution in [0.1, 0.15) is 26.2 Å². The summed E-state index contributed by atoms with van der Waals surface area (Å²) in [4.78, 5) is 4.80. The van der Waals surface area contributed by atoms with E-state index in [1.807, 2.05) is 6.92 Å². The molecule has 0 bridgehead atoms. The Morgan fingerprint density at radius 2 is 2.21 bits per heavy atom. The van der Waals surface area contributed by atoms with Crippen LogP contribution in [0.25, 0.3) is 0 Å². The number of nitrogens with one attached hydrogen (secondary N) is 3. The van der Waals surface area contributed by atoms with Crippen LogP contribution < -0.4 is 16.0 Å².